The van der Waals surface area contributed by atoms with Crippen molar-refractivity contribution in [1.82, 2.24) is 0 Å². The van der Waals surface area contributed by atoms with Crippen molar-refractivity contribution in [1.29, 1.82) is 0 Å². The molecule has 0 amide bonds. The Bertz CT molecular complexity index is 205. The topological polar surface area (TPSA) is 52.3 Å². The van der Waals surface area contributed by atoms with Crippen LogP contribution in [0.5, 0.6) is 0 Å². The zero-order valence-corrected chi connectivity index (χ0v) is 7.32. The van der Waals surface area contributed by atoms with Crippen LogP contribution in [-0.2, 0) is 9.53 Å². The highest BCUT2D eigenvalue weighted by atomic mass is 16.5. The van der Waals surface area contributed by atoms with E-state index in [1.807, 2.05) is 0 Å². The molecule has 2 fully saturated rings. The lowest BCUT2D eigenvalue weighted by Crippen LogP contribution is -2.29. The summed E-state index contributed by atoms with van der Waals surface area (Å²) in [4.78, 5) is 11.3. The highest BCUT2D eigenvalue weighted by Gasteiger charge is 2.49. The van der Waals surface area contributed by atoms with Crippen molar-refractivity contribution < 1.29 is 9.53 Å². The minimum Gasteiger partial charge on any atom is -0.469 e. The fourth-order valence-corrected chi connectivity index (χ4v) is 2.81. The zero-order chi connectivity index (χ0) is 8.72. The molecule has 3 heteroatoms. The van der Waals surface area contributed by atoms with Crippen LogP contribution in [0.2, 0.25) is 0 Å². The molecule has 4 atom stereocenters. The molecule has 2 N–H and O–H groups in total. The van der Waals surface area contributed by atoms with E-state index in [-0.39, 0.29) is 17.9 Å². The van der Waals surface area contributed by atoms with Crippen LogP contribution >= 0.6 is 0 Å². The number of esters is 1. The van der Waals surface area contributed by atoms with Crippen molar-refractivity contribution in [2.45, 2.75) is 25.3 Å². The van der Waals surface area contributed by atoms with Crippen LogP contribution in [0.1, 0.15) is 19.3 Å². The molecular weight excluding hydrogens is 154 g/mol. The third kappa shape index (κ3) is 0.959. The van der Waals surface area contributed by atoms with Crippen molar-refractivity contribution in [2.75, 3.05) is 7.11 Å². The number of carbonyl (C=O) groups excluding carboxylic acids is 1. The fraction of sp³-hybridized carbons (Fsp3) is 0.889. The molecule has 2 aliphatic carbocycles. The minimum absolute atomic E-state index is 0.0577. The van der Waals surface area contributed by atoms with Crippen LogP contribution in [-0.4, -0.2) is 19.1 Å². The molecule has 2 aliphatic rings. The summed E-state index contributed by atoms with van der Waals surface area (Å²) in [5.41, 5.74) is 5.96. The van der Waals surface area contributed by atoms with E-state index in [9.17, 15) is 4.79 Å². The lowest BCUT2D eigenvalue weighted by molar-refractivity contribution is -0.147. The molecule has 0 aromatic rings. The predicted molar refractivity (Wildman–Crippen MR) is 44.3 cm³/mol. The van der Waals surface area contributed by atoms with Gasteiger partial charge in [-0.2, -0.15) is 0 Å². The lowest BCUT2D eigenvalue weighted by Gasteiger charge is -2.18. The summed E-state index contributed by atoms with van der Waals surface area (Å²) in [6, 6.07) is 0.258. The summed E-state index contributed by atoms with van der Waals surface area (Å²) in [7, 11) is 1.46. The molecule has 0 unspecified atom stereocenters. The number of carbonyl (C=O) groups is 1. The van der Waals surface area contributed by atoms with Crippen molar-refractivity contribution in [3.8, 4) is 0 Å². The number of nitrogens with two attached hydrogens (primary N) is 1. The third-order valence-electron chi connectivity index (χ3n) is 3.49. The smallest absolute Gasteiger partial charge is 0.309 e. The normalized spacial score (nSPS) is 44.8. The molecule has 0 spiro atoms. The van der Waals surface area contributed by atoms with E-state index in [1.165, 1.54) is 13.5 Å². The number of fused-ring (bicyclic) bond motifs is 2. The lowest BCUT2D eigenvalue weighted by atomic mass is 9.89. The average molecular weight is 169 g/mol. The highest BCUT2D eigenvalue weighted by Crippen LogP contribution is 2.47. The second-order valence-corrected chi connectivity index (χ2v) is 3.94. The van der Waals surface area contributed by atoms with Gasteiger partial charge < -0.3 is 10.5 Å². The monoisotopic (exact) mass is 169 g/mol. The molecule has 0 saturated heterocycles. The largest absolute Gasteiger partial charge is 0.469 e. The summed E-state index contributed by atoms with van der Waals surface area (Å²) in [5.74, 6) is 1.03. The predicted octanol–water partition coefficient (Wildman–Crippen LogP) is 0.533. The first-order chi connectivity index (χ1) is 5.74. The zero-order valence-electron chi connectivity index (χ0n) is 7.32. The molecular formula is C9H15NO2. The van der Waals surface area contributed by atoms with Gasteiger partial charge in [0, 0.05) is 6.04 Å². The molecule has 12 heavy (non-hydrogen) atoms. The Hall–Kier alpha value is -0.570. The first kappa shape index (κ1) is 8.05. The minimum atomic E-state index is -0.0577. The van der Waals surface area contributed by atoms with Crippen LogP contribution in [0.25, 0.3) is 0 Å². The number of hydrogen-bond donors (Lipinski definition) is 1. The Morgan fingerprint density at radius 1 is 1.50 bits per heavy atom. The number of hydrogen-bond acceptors (Lipinski definition) is 3. The standard InChI is InChI=1S/C9H15NO2/c1-12-9(11)7-4-5-2-3-6(7)8(5)10/h5-8H,2-4,10H2,1H3/t5-,6-,7+,8-/m1/s1. The van der Waals surface area contributed by atoms with Crippen molar-refractivity contribution in [3.63, 3.8) is 0 Å². The van der Waals surface area contributed by atoms with Gasteiger partial charge in [-0.15, -0.1) is 0 Å². The van der Waals surface area contributed by atoms with E-state index in [0.29, 0.717) is 11.8 Å². The van der Waals surface area contributed by atoms with Gasteiger partial charge in [0.25, 0.3) is 0 Å². The van der Waals surface area contributed by atoms with Crippen molar-refractivity contribution >= 4 is 5.97 Å². The number of methoxy groups -OCH3 is 1. The Labute approximate surface area is 72.3 Å². The molecule has 0 aromatic heterocycles. The van der Waals surface area contributed by atoms with Gasteiger partial charge >= 0.3 is 5.97 Å². The maximum Gasteiger partial charge on any atom is 0.309 e. The van der Waals surface area contributed by atoms with Crippen molar-refractivity contribution in [2.24, 2.45) is 23.5 Å². The van der Waals surface area contributed by atoms with Gasteiger partial charge in [-0.1, -0.05) is 0 Å². The summed E-state index contributed by atoms with van der Waals surface area (Å²) in [6.45, 7) is 0. The Morgan fingerprint density at radius 2 is 2.25 bits per heavy atom. The summed E-state index contributed by atoms with van der Waals surface area (Å²) in [5, 5.41) is 0. The van der Waals surface area contributed by atoms with E-state index in [0.717, 1.165) is 12.8 Å². The van der Waals surface area contributed by atoms with Gasteiger partial charge in [0.2, 0.25) is 0 Å². The van der Waals surface area contributed by atoms with Gasteiger partial charge in [-0.05, 0) is 31.1 Å². The number of rotatable bonds is 1. The van der Waals surface area contributed by atoms with Gasteiger partial charge in [0.05, 0.1) is 13.0 Å². The van der Waals surface area contributed by atoms with Crippen LogP contribution in [0, 0.1) is 17.8 Å². The SMILES string of the molecule is COC(=O)[C@H]1C[C@H]2CC[C@H]1[C@@H]2N. The summed E-state index contributed by atoms with van der Waals surface area (Å²) < 4.78 is 4.74. The Kier molecular flexibility index (Phi) is 1.83. The van der Waals surface area contributed by atoms with Crippen LogP contribution in [0.15, 0.2) is 0 Å². The van der Waals surface area contributed by atoms with Crippen LogP contribution < -0.4 is 5.73 Å². The molecule has 0 aromatic carbocycles. The summed E-state index contributed by atoms with van der Waals surface area (Å²) >= 11 is 0. The molecule has 2 saturated carbocycles. The average Bonchev–Trinajstić information content (AvgIpc) is 2.60. The van der Waals surface area contributed by atoms with E-state index < -0.39 is 0 Å². The third-order valence-corrected chi connectivity index (χ3v) is 3.49. The Morgan fingerprint density at radius 3 is 2.67 bits per heavy atom. The van der Waals surface area contributed by atoms with Gasteiger partial charge in [0.15, 0.2) is 0 Å². The molecule has 0 aliphatic heterocycles. The van der Waals surface area contributed by atoms with E-state index in [1.54, 1.807) is 0 Å². The molecule has 3 nitrogen and oxygen atoms in total. The first-order valence-electron chi connectivity index (χ1n) is 4.57. The first-order valence-corrected chi connectivity index (χ1v) is 4.57. The molecule has 0 radical (unpaired) electrons. The quantitative estimate of drug-likeness (QED) is 0.583. The Balaban J connectivity index is 2.08. The maximum absolute atomic E-state index is 11.3. The van der Waals surface area contributed by atoms with Gasteiger partial charge in [0.1, 0.15) is 0 Å². The van der Waals surface area contributed by atoms with Crippen LogP contribution in [0.4, 0.5) is 0 Å². The van der Waals surface area contributed by atoms with E-state index in [2.05, 4.69) is 0 Å². The van der Waals surface area contributed by atoms with Crippen molar-refractivity contribution in [3.05, 3.63) is 0 Å². The second kappa shape index (κ2) is 2.73. The summed E-state index contributed by atoms with van der Waals surface area (Å²) in [6.07, 6.45) is 3.28. The van der Waals surface area contributed by atoms with Gasteiger partial charge in [-0.3, -0.25) is 4.79 Å². The van der Waals surface area contributed by atoms with Crippen LogP contribution in [0.3, 0.4) is 0 Å². The molecule has 2 rings (SSSR count). The highest BCUT2D eigenvalue weighted by molar-refractivity contribution is 5.73. The van der Waals surface area contributed by atoms with Gasteiger partial charge in [-0.25, -0.2) is 0 Å². The fourth-order valence-electron chi connectivity index (χ4n) is 2.81. The maximum atomic E-state index is 11.3. The number of ether oxygens (including phenoxy) is 1. The molecule has 68 valence electrons. The second-order valence-electron chi connectivity index (χ2n) is 3.94. The van der Waals surface area contributed by atoms with E-state index in [4.69, 9.17) is 10.5 Å². The molecule has 2 bridgehead atoms. The molecule has 0 heterocycles. The van der Waals surface area contributed by atoms with E-state index >= 15 is 0 Å².